The number of likely N-dealkylation sites (tertiary alicyclic amines) is 2. The topological polar surface area (TPSA) is 56.7 Å². The van der Waals surface area contributed by atoms with Gasteiger partial charge in [-0.25, -0.2) is 0 Å². The van der Waals surface area contributed by atoms with Gasteiger partial charge >= 0.3 is 5.97 Å². The average Bonchev–Trinajstić information content (AvgIpc) is 2.81. The van der Waals surface area contributed by atoms with Crippen LogP contribution < -0.4 is 0 Å². The first-order valence-corrected chi connectivity index (χ1v) is 7.72. The molecule has 2 atom stereocenters. The van der Waals surface area contributed by atoms with E-state index in [2.05, 4.69) is 26.9 Å². The van der Waals surface area contributed by atoms with Gasteiger partial charge in [-0.2, -0.15) is 0 Å². The van der Waals surface area contributed by atoms with Crippen LogP contribution in [0.2, 0.25) is 0 Å². The number of carboxylic acids is 1. The second-order valence-electron chi connectivity index (χ2n) is 6.30. The van der Waals surface area contributed by atoms with Gasteiger partial charge in [-0.05, 0) is 44.4 Å². The lowest BCUT2D eigenvalue weighted by atomic mass is 9.92. The van der Waals surface area contributed by atoms with E-state index in [1.807, 2.05) is 13.0 Å². The molecule has 5 heteroatoms. The number of aliphatic carboxylic acids is 1. The third-order valence-electron chi connectivity index (χ3n) is 4.64. The number of rotatable bonds is 4. The lowest BCUT2D eigenvalue weighted by Crippen LogP contribution is -2.47. The Morgan fingerprint density at radius 3 is 3.05 bits per heavy atom. The van der Waals surface area contributed by atoms with Crippen LogP contribution in [0.4, 0.5) is 0 Å². The molecule has 5 nitrogen and oxygen atoms in total. The SMILES string of the molecule is Cc1cccc(CN2C[C@@H]3CCCN(CC(=O)O)[C@@H]3C2)n1. The summed E-state index contributed by atoms with van der Waals surface area (Å²) in [5.74, 6) is -0.0997. The molecule has 1 aromatic rings. The van der Waals surface area contributed by atoms with E-state index in [4.69, 9.17) is 5.11 Å². The first-order valence-electron chi connectivity index (χ1n) is 7.72. The molecule has 0 saturated carbocycles. The smallest absolute Gasteiger partial charge is 0.317 e. The highest BCUT2D eigenvalue weighted by Gasteiger charge is 2.39. The summed E-state index contributed by atoms with van der Waals surface area (Å²) in [6.07, 6.45) is 2.34. The van der Waals surface area contributed by atoms with E-state index in [9.17, 15) is 4.79 Å². The Bertz CT molecular complexity index is 520. The van der Waals surface area contributed by atoms with Gasteiger partial charge in [0.25, 0.3) is 0 Å². The summed E-state index contributed by atoms with van der Waals surface area (Å²) >= 11 is 0. The summed E-state index contributed by atoms with van der Waals surface area (Å²) in [7, 11) is 0. The molecule has 114 valence electrons. The minimum absolute atomic E-state index is 0.178. The molecule has 0 bridgehead atoms. The number of aryl methyl sites for hydroxylation is 1. The number of nitrogens with zero attached hydrogens (tertiary/aromatic N) is 3. The second kappa shape index (κ2) is 6.12. The van der Waals surface area contributed by atoms with Crippen molar-refractivity contribution in [3.63, 3.8) is 0 Å². The highest BCUT2D eigenvalue weighted by Crippen LogP contribution is 2.31. The van der Waals surface area contributed by atoms with E-state index in [1.54, 1.807) is 0 Å². The predicted molar refractivity (Wildman–Crippen MR) is 80.0 cm³/mol. The van der Waals surface area contributed by atoms with Gasteiger partial charge in [-0.15, -0.1) is 0 Å². The van der Waals surface area contributed by atoms with Crippen LogP contribution in [0.25, 0.3) is 0 Å². The van der Waals surface area contributed by atoms with Crippen molar-refractivity contribution in [1.82, 2.24) is 14.8 Å². The molecular formula is C16H23N3O2. The molecule has 1 aromatic heterocycles. The Morgan fingerprint density at radius 2 is 2.29 bits per heavy atom. The van der Waals surface area contributed by atoms with Crippen molar-refractivity contribution in [2.24, 2.45) is 5.92 Å². The molecule has 3 heterocycles. The maximum absolute atomic E-state index is 11.0. The Morgan fingerprint density at radius 1 is 1.43 bits per heavy atom. The second-order valence-corrected chi connectivity index (χ2v) is 6.30. The zero-order chi connectivity index (χ0) is 14.8. The van der Waals surface area contributed by atoms with Crippen LogP contribution in [0.15, 0.2) is 18.2 Å². The fourth-order valence-corrected chi connectivity index (χ4v) is 3.78. The van der Waals surface area contributed by atoms with E-state index >= 15 is 0 Å². The fraction of sp³-hybridized carbons (Fsp3) is 0.625. The zero-order valence-corrected chi connectivity index (χ0v) is 12.5. The van der Waals surface area contributed by atoms with Crippen LogP contribution >= 0.6 is 0 Å². The molecule has 0 unspecified atom stereocenters. The van der Waals surface area contributed by atoms with Gasteiger partial charge in [-0.1, -0.05) is 6.07 Å². The molecule has 21 heavy (non-hydrogen) atoms. The third-order valence-corrected chi connectivity index (χ3v) is 4.64. The Balaban J connectivity index is 1.64. The van der Waals surface area contributed by atoms with Gasteiger partial charge < -0.3 is 5.11 Å². The minimum atomic E-state index is -0.713. The molecule has 0 aromatic carbocycles. The van der Waals surface area contributed by atoms with Gasteiger partial charge in [-0.3, -0.25) is 19.6 Å². The van der Waals surface area contributed by atoms with Gasteiger partial charge in [0, 0.05) is 31.4 Å². The molecule has 1 N–H and O–H groups in total. The highest BCUT2D eigenvalue weighted by atomic mass is 16.4. The number of pyridine rings is 1. The molecule has 3 rings (SSSR count). The molecule has 2 saturated heterocycles. The Kier molecular flexibility index (Phi) is 4.22. The normalized spacial score (nSPS) is 26.7. The standard InChI is InChI=1S/C16H23N3O2/c1-12-4-2-6-14(17-12)9-18-8-13-5-3-7-19(11-16(20)21)15(13)10-18/h2,4,6,13,15H,3,5,7-11H2,1H3,(H,20,21)/t13-,15+/m0/s1. The summed E-state index contributed by atoms with van der Waals surface area (Å²) in [6.45, 7) is 6.02. The lowest BCUT2D eigenvalue weighted by Gasteiger charge is -2.35. The lowest BCUT2D eigenvalue weighted by molar-refractivity contribution is -0.139. The van der Waals surface area contributed by atoms with Crippen molar-refractivity contribution < 1.29 is 9.90 Å². The van der Waals surface area contributed by atoms with E-state index < -0.39 is 5.97 Å². The maximum Gasteiger partial charge on any atom is 0.317 e. The number of carbonyl (C=O) groups is 1. The molecule has 0 spiro atoms. The molecular weight excluding hydrogens is 266 g/mol. The monoisotopic (exact) mass is 289 g/mol. The van der Waals surface area contributed by atoms with Crippen LogP contribution in [0.3, 0.4) is 0 Å². The Labute approximate surface area is 125 Å². The van der Waals surface area contributed by atoms with Gasteiger partial charge in [0.05, 0.1) is 12.2 Å². The fourth-order valence-electron chi connectivity index (χ4n) is 3.78. The van der Waals surface area contributed by atoms with Crippen molar-refractivity contribution in [3.05, 3.63) is 29.6 Å². The van der Waals surface area contributed by atoms with Crippen molar-refractivity contribution in [1.29, 1.82) is 0 Å². The average molecular weight is 289 g/mol. The summed E-state index contributed by atoms with van der Waals surface area (Å²) in [4.78, 5) is 20.2. The van der Waals surface area contributed by atoms with Crippen molar-refractivity contribution >= 4 is 5.97 Å². The summed E-state index contributed by atoms with van der Waals surface area (Å²) in [5, 5.41) is 9.05. The van der Waals surface area contributed by atoms with Gasteiger partial charge in [0.1, 0.15) is 0 Å². The predicted octanol–water partition coefficient (Wildman–Crippen LogP) is 1.37. The molecule has 0 aliphatic carbocycles. The third kappa shape index (κ3) is 3.41. The molecule has 2 aliphatic rings. The van der Waals surface area contributed by atoms with Crippen molar-refractivity contribution in [3.8, 4) is 0 Å². The van der Waals surface area contributed by atoms with Gasteiger partial charge in [0.2, 0.25) is 0 Å². The van der Waals surface area contributed by atoms with E-state index in [-0.39, 0.29) is 6.54 Å². The zero-order valence-electron chi connectivity index (χ0n) is 12.5. The van der Waals surface area contributed by atoms with Gasteiger partial charge in [0.15, 0.2) is 0 Å². The minimum Gasteiger partial charge on any atom is -0.480 e. The first-order chi connectivity index (χ1) is 10.1. The Hall–Kier alpha value is -1.46. The van der Waals surface area contributed by atoms with Crippen LogP contribution in [0.1, 0.15) is 24.2 Å². The largest absolute Gasteiger partial charge is 0.480 e. The van der Waals surface area contributed by atoms with Crippen molar-refractivity contribution in [2.75, 3.05) is 26.2 Å². The first kappa shape index (κ1) is 14.5. The molecule has 2 fully saturated rings. The van der Waals surface area contributed by atoms with Crippen LogP contribution in [-0.4, -0.2) is 58.1 Å². The van der Waals surface area contributed by atoms with Crippen LogP contribution in [0.5, 0.6) is 0 Å². The number of hydrogen-bond donors (Lipinski definition) is 1. The number of aromatic nitrogens is 1. The van der Waals surface area contributed by atoms with E-state index in [1.165, 1.54) is 6.42 Å². The van der Waals surface area contributed by atoms with Crippen LogP contribution in [0, 0.1) is 12.8 Å². The number of fused-ring (bicyclic) bond motifs is 1. The van der Waals surface area contributed by atoms with E-state index in [0.29, 0.717) is 12.0 Å². The molecule has 2 aliphatic heterocycles. The van der Waals surface area contributed by atoms with Crippen LogP contribution in [-0.2, 0) is 11.3 Å². The summed E-state index contributed by atoms with van der Waals surface area (Å²) in [5.41, 5.74) is 2.16. The summed E-state index contributed by atoms with van der Waals surface area (Å²) in [6, 6.07) is 6.54. The van der Waals surface area contributed by atoms with E-state index in [0.717, 1.165) is 44.0 Å². The maximum atomic E-state index is 11.0. The van der Waals surface area contributed by atoms with Crippen molar-refractivity contribution in [2.45, 2.75) is 32.4 Å². The quantitative estimate of drug-likeness (QED) is 0.907. The summed E-state index contributed by atoms with van der Waals surface area (Å²) < 4.78 is 0. The molecule has 0 radical (unpaired) electrons. The number of carboxylic acid groups (broad SMARTS) is 1. The highest BCUT2D eigenvalue weighted by molar-refractivity contribution is 5.69. The number of piperidine rings is 1. The number of hydrogen-bond acceptors (Lipinski definition) is 4. The molecule has 0 amide bonds.